The number of hydrogen-bond acceptors (Lipinski definition) is 6. The molecule has 0 unspecified atom stereocenters. The van der Waals surface area contributed by atoms with Crippen LogP contribution in [0.1, 0.15) is 61.1 Å². The molecule has 2 aliphatic heterocycles. The molecular weight excluding hydrogens is 881 g/mol. The lowest BCUT2D eigenvalue weighted by Crippen LogP contribution is -2.31. The van der Waals surface area contributed by atoms with E-state index in [-0.39, 0.29) is 0 Å². The SMILES string of the molecule is CC1(C)c2ccccc2N(c2c3ccc(C#N)cc3c(N3c4ccccc4C(C)(C)c4ccc5c(oc6ccc7ccccc7c65)c43)c3ccc(C#N)cc23)c2c1ccc1c2oc2ccc3ccccc3c21. The second kappa shape index (κ2) is 14.1. The van der Waals surface area contributed by atoms with Gasteiger partial charge in [-0.2, -0.15) is 10.5 Å². The molecule has 0 fully saturated rings. The van der Waals surface area contributed by atoms with Crippen molar-refractivity contribution in [3.05, 3.63) is 215 Å². The van der Waals surface area contributed by atoms with Crippen molar-refractivity contribution in [2.45, 2.75) is 38.5 Å². The third-order valence-corrected chi connectivity index (χ3v) is 16.2. The van der Waals surface area contributed by atoms with Crippen LogP contribution in [0.2, 0.25) is 0 Å². The van der Waals surface area contributed by atoms with Crippen LogP contribution in [0.15, 0.2) is 191 Å². The van der Waals surface area contributed by atoms with Crippen molar-refractivity contribution < 1.29 is 8.83 Å². The first kappa shape index (κ1) is 40.5. The zero-order valence-electron chi connectivity index (χ0n) is 39.9. The van der Waals surface area contributed by atoms with Gasteiger partial charge in [-0.1, -0.05) is 161 Å². The van der Waals surface area contributed by atoms with E-state index < -0.39 is 10.8 Å². The lowest BCUT2D eigenvalue weighted by atomic mass is 9.72. The number of furan rings is 2. The molecule has 0 saturated heterocycles. The van der Waals surface area contributed by atoms with Crippen LogP contribution in [0.3, 0.4) is 0 Å². The molecule has 15 rings (SSSR count). The Morgan fingerprint density at radius 3 is 1.21 bits per heavy atom. The zero-order chi connectivity index (χ0) is 48.4. The molecule has 338 valence electrons. The number of anilines is 6. The van der Waals surface area contributed by atoms with Gasteiger partial charge in [-0.05, 0) is 92.3 Å². The first-order valence-corrected chi connectivity index (χ1v) is 24.5. The van der Waals surface area contributed by atoms with Crippen molar-refractivity contribution in [3.63, 3.8) is 0 Å². The van der Waals surface area contributed by atoms with Crippen LogP contribution in [0.25, 0.3) is 87.0 Å². The van der Waals surface area contributed by atoms with Gasteiger partial charge in [-0.3, -0.25) is 0 Å². The molecule has 0 radical (unpaired) electrons. The van der Waals surface area contributed by atoms with E-state index >= 15 is 0 Å². The Morgan fingerprint density at radius 1 is 0.361 bits per heavy atom. The maximum absolute atomic E-state index is 10.8. The maximum atomic E-state index is 10.8. The summed E-state index contributed by atoms with van der Waals surface area (Å²) in [7, 11) is 0. The molecule has 0 N–H and O–H groups in total. The first-order chi connectivity index (χ1) is 35.1. The van der Waals surface area contributed by atoms with Crippen molar-refractivity contribution >= 4 is 121 Å². The normalized spacial score (nSPS) is 14.5. The third-order valence-electron chi connectivity index (χ3n) is 16.2. The van der Waals surface area contributed by atoms with Gasteiger partial charge in [0.1, 0.15) is 11.2 Å². The van der Waals surface area contributed by atoms with Crippen LogP contribution in [0.4, 0.5) is 34.1 Å². The molecule has 6 heteroatoms. The maximum Gasteiger partial charge on any atom is 0.159 e. The predicted octanol–water partition coefficient (Wildman–Crippen LogP) is 18.1. The van der Waals surface area contributed by atoms with E-state index in [0.29, 0.717) is 11.1 Å². The van der Waals surface area contributed by atoms with E-state index in [0.717, 1.165) is 143 Å². The van der Waals surface area contributed by atoms with Crippen molar-refractivity contribution in [1.29, 1.82) is 10.5 Å². The Bertz CT molecular complexity index is 4390. The van der Waals surface area contributed by atoms with Gasteiger partial charge in [0.15, 0.2) is 11.2 Å². The van der Waals surface area contributed by atoms with Gasteiger partial charge in [0.25, 0.3) is 0 Å². The van der Waals surface area contributed by atoms with Crippen molar-refractivity contribution in [2.24, 2.45) is 0 Å². The molecule has 11 aromatic carbocycles. The molecule has 0 amide bonds. The summed E-state index contributed by atoms with van der Waals surface area (Å²) in [6.45, 7) is 9.19. The van der Waals surface area contributed by atoms with Crippen molar-refractivity contribution in [3.8, 4) is 12.1 Å². The topological polar surface area (TPSA) is 80.3 Å². The van der Waals surface area contributed by atoms with Crippen LogP contribution in [-0.2, 0) is 10.8 Å². The monoisotopic (exact) mass is 922 g/mol. The van der Waals surface area contributed by atoms with Gasteiger partial charge in [-0.25, -0.2) is 0 Å². The largest absolute Gasteiger partial charge is 0.454 e. The summed E-state index contributed by atoms with van der Waals surface area (Å²) in [5.74, 6) is 0. The minimum absolute atomic E-state index is 0.424. The first-order valence-electron chi connectivity index (χ1n) is 24.5. The van der Waals surface area contributed by atoms with Crippen LogP contribution in [0, 0.1) is 22.7 Å². The summed E-state index contributed by atoms with van der Waals surface area (Å²) in [6.07, 6.45) is 0. The Balaban J connectivity index is 1.12. The molecule has 0 spiro atoms. The molecule has 0 atom stereocenters. The number of hydrogen-bond donors (Lipinski definition) is 0. The van der Waals surface area contributed by atoms with E-state index in [1.165, 1.54) is 0 Å². The zero-order valence-corrected chi connectivity index (χ0v) is 39.9. The van der Waals surface area contributed by atoms with Gasteiger partial charge < -0.3 is 18.6 Å². The molecule has 4 heterocycles. The van der Waals surface area contributed by atoms with E-state index in [2.05, 4.69) is 219 Å². The number of fused-ring (bicyclic) bond motifs is 18. The highest BCUT2D eigenvalue weighted by Gasteiger charge is 2.43. The quantitative estimate of drug-likeness (QED) is 0.161. The summed E-state index contributed by atoms with van der Waals surface area (Å²) in [5, 5.41) is 34.0. The standard InChI is InChI=1S/C66H42N4O2/c1-65(2)49-17-9-11-19-53(49)69(61-51(65)29-27-45-57-41-15-7-5-13-39(41)23-31-55(57)71-63(45)61)59-43-25-21-38(36-68)34-48(43)60(44-26-22-37(35-67)33-47(44)59)70-54-20-12-10-18-50(54)66(3,4)52-30-28-46-58-42-16-8-6-14-40(42)24-32-56(58)72-64(46)62(52)70/h5-34H,1-4H3. The van der Waals surface area contributed by atoms with E-state index in [1.54, 1.807) is 0 Å². The molecule has 13 aromatic rings. The van der Waals surface area contributed by atoms with Gasteiger partial charge in [0.05, 0.1) is 57.4 Å². The van der Waals surface area contributed by atoms with E-state index in [4.69, 9.17) is 8.83 Å². The molecule has 72 heavy (non-hydrogen) atoms. The molecule has 2 aromatic heterocycles. The summed E-state index contributed by atoms with van der Waals surface area (Å²) >= 11 is 0. The lowest BCUT2D eigenvalue weighted by molar-refractivity contribution is 0.624. The molecule has 2 aliphatic rings. The van der Waals surface area contributed by atoms with Crippen molar-refractivity contribution in [2.75, 3.05) is 9.80 Å². The molecule has 0 bridgehead atoms. The minimum atomic E-state index is -0.424. The average Bonchev–Trinajstić information content (AvgIpc) is 4.01. The number of nitriles is 2. The number of nitrogens with zero attached hydrogens (tertiary/aromatic N) is 4. The van der Waals surface area contributed by atoms with Crippen LogP contribution in [0.5, 0.6) is 0 Å². The Morgan fingerprint density at radius 2 is 0.764 bits per heavy atom. The number of benzene rings is 11. The smallest absolute Gasteiger partial charge is 0.159 e. The Labute approximate surface area is 414 Å². The summed E-state index contributed by atoms with van der Waals surface area (Å²) in [5.41, 5.74) is 13.7. The van der Waals surface area contributed by atoms with Gasteiger partial charge in [-0.15, -0.1) is 0 Å². The summed E-state index contributed by atoms with van der Waals surface area (Å²) < 4.78 is 14.4. The Hall–Kier alpha value is -9.36. The highest BCUT2D eigenvalue weighted by atomic mass is 16.3. The Kier molecular flexibility index (Phi) is 7.95. The highest BCUT2D eigenvalue weighted by molar-refractivity contribution is 6.28. The van der Waals surface area contributed by atoms with E-state index in [1.807, 2.05) is 12.1 Å². The fourth-order valence-corrected chi connectivity index (χ4v) is 12.8. The van der Waals surface area contributed by atoms with Gasteiger partial charge in [0, 0.05) is 53.9 Å². The van der Waals surface area contributed by atoms with E-state index in [9.17, 15) is 10.5 Å². The second-order valence-corrected chi connectivity index (χ2v) is 20.6. The fourth-order valence-electron chi connectivity index (χ4n) is 12.8. The molecular formula is C66H42N4O2. The number of rotatable bonds is 2. The van der Waals surface area contributed by atoms with Crippen LogP contribution < -0.4 is 9.80 Å². The van der Waals surface area contributed by atoms with Crippen molar-refractivity contribution in [1.82, 2.24) is 0 Å². The molecule has 0 saturated carbocycles. The second-order valence-electron chi connectivity index (χ2n) is 20.6. The average molecular weight is 923 g/mol. The lowest BCUT2D eigenvalue weighted by Gasteiger charge is -2.44. The third kappa shape index (κ3) is 5.15. The van der Waals surface area contributed by atoms with Gasteiger partial charge >= 0.3 is 0 Å². The summed E-state index contributed by atoms with van der Waals surface area (Å²) in [6, 6.07) is 69.1. The molecule has 0 aliphatic carbocycles. The van der Waals surface area contributed by atoms with Crippen LogP contribution in [-0.4, -0.2) is 0 Å². The summed E-state index contributed by atoms with van der Waals surface area (Å²) in [4.78, 5) is 4.79. The van der Waals surface area contributed by atoms with Gasteiger partial charge in [0.2, 0.25) is 0 Å². The number of para-hydroxylation sites is 2. The predicted molar refractivity (Wildman–Crippen MR) is 294 cm³/mol. The van der Waals surface area contributed by atoms with Crippen LogP contribution >= 0.6 is 0 Å². The highest BCUT2D eigenvalue weighted by Crippen LogP contribution is 2.62. The molecule has 6 nitrogen and oxygen atoms in total. The minimum Gasteiger partial charge on any atom is -0.454 e. The fraction of sp³-hybridized carbons (Fsp3) is 0.0909.